The van der Waals surface area contributed by atoms with E-state index in [2.05, 4.69) is 10.6 Å². The summed E-state index contributed by atoms with van der Waals surface area (Å²) in [5.41, 5.74) is 0.627. The monoisotopic (exact) mass is 348 g/mol. The first-order chi connectivity index (χ1) is 11.7. The van der Waals surface area contributed by atoms with Crippen LogP contribution in [-0.4, -0.2) is 35.3 Å². The lowest BCUT2D eigenvalue weighted by Gasteiger charge is -2.23. The molecule has 7 heteroatoms. The molecule has 2 aromatic rings. The molecule has 1 aromatic heterocycles. The Kier molecular flexibility index (Phi) is 5.71. The lowest BCUT2D eigenvalue weighted by molar-refractivity contribution is 0.0990. The summed E-state index contributed by atoms with van der Waals surface area (Å²) >= 11 is 0. The third-order valence-corrected chi connectivity index (χ3v) is 3.49. The largest absolute Gasteiger partial charge is 0.506 e. The number of aromatic hydroxyl groups is 1. The van der Waals surface area contributed by atoms with Gasteiger partial charge >= 0.3 is 0 Å². The van der Waals surface area contributed by atoms with Crippen LogP contribution in [0.4, 0.5) is 5.69 Å². The molecule has 1 aromatic carbocycles. The van der Waals surface area contributed by atoms with Crippen molar-refractivity contribution in [1.29, 1.82) is 0 Å². The number of carbonyl (C=O) groups is 1. The van der Waals surface area contributed by atoms with Gasteiger partial charge in [-0.15, -0.1) is 0 Å². The Morgan fingerprint density at radius 2 is 2.00 bits per heavy atom. The molecule has 0 radical (unpaired) electrons. The molecule has 2 rings (SSSR count). The Hall–Kier alpha value is -2.51. The topological polar surface area (TPSA) is 104 Å². The molecule has 0 saturated heterocycles. The number of aliphatic hydroxyl groups is 1. The van der Waals surface area contributed by atoms with Gasteiger partial charge in [-0.3, -0.25) is 4.79 Å². The fourth-order valence-corrected chi connectivity index (χ4v) is 2.12. The predicted molar refractivity (Wildman–Crippen MR) is 94.0 cm³/mol. The molecule has 1 amide bonds. The van der Waals surface area contributed by atoms with E-state index in [1.165, 1.54) is 31.4 Å². The minimum atomic E-state index is -0.779. The Labute approximate surface area is 146 Å². The summed E-state index contributed by atoms with van der Waals surface area (Å²) in [5.74, 6) is -0.368. The number of nitrogens with one attached hydrogen (secondary N) is 2. The average Bonchev–Trinajstić information content (AvgIpc) is 3.03. The van der Waals surface area contributed by atoms with Crippen LogP contribution in [0.25, 0.3) is 0 Å². The van der Waals surface area contributed by atoms with E-state index in [4.69, 9.17) is 9.15 Å². The second kappa shape index (κ2) is 7.58. The Morgan fingerprint density at radius 3 is 2.60 bits per heavy atom. The van der Waals surface area contributed by atoms with Crippen LogP contribution in [0.1, 0.15) is 43.0 Å². The number of rotatable bonds is 6. The Balaban J connectivity index is 2.11. The number of aliphatic hydroxyl groups excluding tert-OH is 1. The lowest BCUT2D eigenvalue weighted by Crippen LogP contribution is -2.38. The van der Waals surface area contributed by atoms with Crippen LogP contribution in [0.5, 0.6) is 11.7 Å². The average molecular weight is 348 g/mol. The molecular weight excluding hydrogens is 324 g/mol. The predicted octanol–water partition coefficient (Wildman–Crippen LogP) is 2.67. The van der Waals surface area contributed by atoms with E-state index >= 15 is 0 Å². The number of anilines is 1. The lowest BCUT2D eigenvalue weighted by atomic mass is 10.1. The molecule has 1 heterocycles. The van der Waals surface area contributed by atoms with Crippen molar-refractivity contribution in [1.82, 2.24) is 5.32 Å². The molecule has 7 nitrogen and oxygen atoms in total. The van der Waals surface area contributed by atoms with Crippen LogP contribution >= 0.6 is 0 Å². The molecule has 0 aliphatic rings. The SMILES string of the molecule is COc1ccc(C(=O)Nc2cc(C(O)CNC(C)(C)C)ccc2O)o1. The number of hydrogen-bond donors (Lipinski definition) is 4. The summed E-state index contributed by atoms with van der Waals surface area (Å²) in [7, 11) is 1.43. The summed E-state index contributed by atoms with van der Waals surface area (Å²) in [6.07, 6.45) is -0.779. The van der Waals surface area contributed by atoms with E-state index < -0.39 is 12.0 Å². The first kappa shape index (κ1) is 18.8. The highest BCUT2D eigenvalue weighted by Crippen LogP contribution is 2.28. The van der Waals surface area contributed by atoms with E-state index in [0.29, 0.717) is 12.1 Å². The van der Waals surface area contributed by atoms with Gasteiger partial charge in [0, 0.05) is 18.2 Å². The molecule has 0 aliphatic carbocycles. The van der Waals surface area contributed by atoms with Crippen molar-refractivity contribution < 1.29 is 24.2 Å². The Bertz CT molecular complexity index is 733. The molecule has 0 saturated carbocycles. The number of phenolic OH excluding ortho intramolecular Hbond substituents is 1. The molecule has 25 heavy (non-hydrogen) atoms. The summed E-state index contributed by atoms with van der Waals surface area (Å²) in [6.45, 7) is 6.34. The molecule has 0 spiro atoms. The van der Waals surface area contributed by atoms with Crippen LogP contribution in [0.3, 0.4) is 0 Å². The fourth-order valence-electron chi connectivity index (χ4n) is 2.12. The number of methoxy groups -OCH3 is 1. The van der Waals surface area contributed by atoms with Crippen LogP contribution in [0.2, 0.25) is 0 Å². The van der Waals surface area contributed by atoms with Crippen LogP contribution in [-0.2, 0) is 0 Å². The van der Waals surface area contributed by atoms with E-state index in [9.17, 15) is 15.0 Å². The van der Waals surface area contributed by atoms with Gasteiger partial charge in [0.15, 0.2) is 5.76 Å². The van der Waals surface area contributed by atoms with Crippen molar-refractivity contribution in [3.63, 3.8) is 0 Å². The second-order valence-electron chi connectivity index (χ2n) is 6.70. The number of amides is 1. The Morgan fingerprint density at radius 1 is 1.28 bits per heavy atom. The zero-order valence-electron chi connectivity index (χ0n) is 14.8. The fraction of sp³-hybridized carbons (Fsp3) is 0.389. The number of benzene rings is 1. The summed E-state index contributed by atoms with van der Waals surface area (Å²) in [4.78, 5) is 12.2. The van der Waals surface area contributed by atoms with Crippen molar-refractivity contribution in [2.75, 3.05) is 19.0 Å². The number of carbonyl (C=O) groups excluding carboxylic acids is 1. The molecular formula is C18H24N2O5. The van der Waals surface area contributed by atoms with E-state index in [1.807, 2.05) is 20.8 Å². The second-order valence-corrected chi connectivity index (χ2v) is 6.70. The first-order valence-corrected chi connectivity index (χ1v) is 7.91. The number of β-amino-alcohol motifs (C(OH)–C–C–N with tert-alkyl or cyclic N) is 1. The van der Waals surface area contributed by atoms with Gasteiger partial charge in [-0.25, -0.2) is 0 Å². The van der Waals surface area contributed by atoms with Gasteiger partial charge in [0.25, 0.3) is 11.9 Å². The highest BCUT2D eigenvalue weighted by Gasteiger charge is 2.17. The molecule has 136 valence electrons. The van der Waals surface area contributed by atoms with Gasteiger partial charge in [-0.1, -0.05) is 6.07 Å². The molecule has 1 unspecified atom stereocenters. The standard InChI is InChI=1S/C18H24N2O5/c1-18(2,3)19-10-14(22)11-5-6-13(21)12(9-11)20-17(23)15-7-8-16(24-4)25-15/h5-9,14,19,21-22H,10H2,1-4H3,(H,20,23). The first-order valence-electron chi connectivity index (χ1n) is 7.91. The van der Waals surface area contributed by atoms with Crippen LogP contribution in [0, 0.1) is 0 Å². The van der Waals surface area contributed by atoms with Gasteiger partial charge < -0.3 is 30.0 Å². The molecule has 1 atom stereocenters. The number of hydrogen-bond acceptors (Lipinski definition) is 6. The normalized spacial score (nSPS) is 12.7. The maximum absolute atomic E-state index is 12.2. The van der Waals surface area contributed by atoms with Gasteiger partial charge in [0.05, 0.1) is 18.9 Å². The van der Waals surface area contributed by atoms with E-state index in [0.717, 1.165) is 0 Å². The van der Waals surface area contributed by atoms with Crippen molar-refractivity contribution in [3.8, 4) is 11.7 Å². The minimum absolute atomic E-state index is 0.0524. The quantitative estimate of drug-likeness (QED) is 0.598. The van der Waals surface area contributed by atoms with Gasteiger partial charge in [0.2, 0.25) is 0 Å². The van der Waals surface area contributed by atoms with E-state index in [1.54, 1.807) is 6.07 Å². The maximum atomic E-state index is 12.2. The molecule has 0 fully saturated rings. The van der Waals surface area contributed by atoms with Crippen molar-refractivity contribution >= 4 is 11.6 Å². The number of ether oxygens (including phenoxy) is 1. The van der Waals surface area contributed by atoms with E-state index in [-0.39, 0.29) is 28.7 Å². The van der Waals surface area contributed by atoms with Crippen LogP contribution in [0.15, 0.2) is 34.7 Å². The third-order valence-electron chi connectivity index (χ3n) is 3.49. The molecule has 0 bridgehead atoms. The summed E-state index contributed by atoms with van der Waals surface area (Å²) in [5, 5.41) is 26.0. The zero-order chi connectivity index (χ0) is 18.6. The molecule has 4 N–H and O–H groups in total. The van der Waals surface area contributed by atoms with Crippen molar-refractivity contribution in [2.24, 2.45) is 0 Å². The highest BCUT2D eigenvalue weighted by molar-refractivity contribution is 6.03. The van der Waals surface area contributed by atoms with Crippen LogP contribution < -0.4 is 15.4 Å². The maximum Gasteiger partial charge on any atom is 0.291 e. The van der Waals surface area contributed by atoms with Gasteiger partial charge in [0.1, 0.15) is 5.75 Å². The zero-order valence-corrected chi connectivity index (χ0v) is 14.8. The minimum Gasteiger partial charge on any atom is -0.506 e. The number of furan rings is 1. The smallest absolute Gasteiger partial charge is 0.291 e. The third kappa shape index (κ3) is 5.23. The van der Waals surface area contributed by atoms with Crippen molar-refractivity contribution in [2.45, 2.75) is 32.4 Å². The number of phenols is 1. The highest BCUT2D eigenvalue weighted by atomic mass is 16.6. The van der Waals surface area contributed by atoms with Gasteiger partial charge in [-0.2, -0.15) is 0 Å². The molecule has 0 aliphatic heterocycles. The van der Waals surface area contributed by atoms with Crippen molar-refractivity contribution in [3.05, 3.63) is 41.7 Å². The van der Waals surface area contributed by atoms with Gasteiger partial charge in [-0.05, 0) is 44.5 Å². The summed E-state index contributed by atoms with van der Waals surface area (Å²) < 4.78 is 10.1. The summed E-state index contributed by atoms with van der Waals surface area (Å²) in [6, 6.07) is 7.55.